The minimum absolute atomic E-state index is 0.0324. The van der Waals surface area contributed by atoms with Gasteiger partial charge in [0.25, 0.3) is 11.8 Å². The Hall–Kier alpha value is -2.26. The molecule has 0 aliphatic carbocycles. The predicted molar refractivity (Wildman–Crippen MR) is 98.6 cm³/mol. The average molecular weight is 393 g/mol. The van der Waals surface area contributed by atoms with Gasteiger partial charge in [-0.2, -0.15) is 0 Å². The molecule has 9 heteroatoms. The zero-order chi connectivity index (χ0) is 19.8. The summed E-state index contributed by atoms with van der Waals surface area (Å²) < 4.78 is 23.4. The van der Waals surface area contributed by atoms with Crippen molar-refractivity contribution in [1.82, 2.24) is 14.9 Å². The van der Waals surface area contributed by atoms with Gasteiger partial charge in [-0.25, -0.2) is 13.4 Å². The van der Waals surface area contributed by atoms with E-state index in [0.29, 0.717) is 24.0 Å². The van der Waals surface area contributed by atoms with E-state index in [2.05, 4.69) is 0 Å². The number of hydrazine groups is 1. The normalized spacial score (nSPS) is 21.0. The highest BCUT2D eigenvalue weighted by molar-refractivity contribution is 7.91. The minimum atomic E-state index is -3.10. The summed E-state index contributed by atoms with van der Waals surface area (Å²) in [5, 5.41) is 3.09. The molecule has 0 aromatic heterocycles. The lowest BCUT2D eigenvalue weighted by atomic mass is 10.1. The van der Waals surface area contributed by atoms with Crippen molar-refractivity contribution in [2.45, 2.75) is 25.3 Å². The van der Waals surface area contributed by atoms with Gasteiger partial charge in [-0.05, 0) is 25.0 Å². The summed E-state index contributed by atoms with van der Waals surface area (Å²) in [6.07, 6.45) is 0.876. The lowest BCUT2D eigenvalue weighted by Crippen LogP contribution is -2.49. The van der Waals surface area contributed by atoms with Crippen LogP contribution >= 0.6 is 0 Å². The number of nitrogens with zero attached hydrogens (tertiary/aromatic N) is 3. The second kappa shape index (κ2) is 7.40. The average Bonchev–Trinajstić information content (AvgIpc) is 3.07. The van der Waals surface area contributed by atoms with Gasteiger partial charge in [-0.1, -0.05) is 12.1 Å². The standard InChI is InChI=1S/C18H23N3O5S/c1-19(2)21(13-9-11-27(25,26)12-13)16(22)8-5-10-20-17(23)14-6-3-4-7-15(14)18(20)24/h3-4,6-7,13H,5,8-12H2,1-2H3. The maximum atomic E-state index is 12.6. The van der Waals surface area contributed by atoms with E-state index in [4.69, 9.17) is 0 Å². The molecule has 0 N–H and O–H groups in total. The molecule has 1 aromatic rings. The van der Waals surface area contributed by atoms with Gasteiger partial charge in [0.05, 0.1) is 28.7 Å². The SMILES string of the molecule is CN(C)N(C(=O)CCCN1C(=O)c2ccccc2C1=O)C1CCS(=O)(=O)C1. The Morgan fingerprint density at radius 3 is 2.22 bits per heavy atom. The zero-order valence-electron chi connectivity index (χ0n) is 15.4. The highest BCUT2D eigenvalue weighted by atomic mass is 32.2. The molecular formula is C18H23N3O5S. The number of benzene rings is 1. The monoisotopic (exact) mass is 393 g/mol. The Labute approximate surface area is 158 Å². The van der Waals surface area contributed by atoms with Crippen LogP contribution in [0.2, 0.25) is 0 Å². The first-order valence-electron chi connectivity index (χ1n) is 8.86. The fraction of sp³-hybridized carbons (Fsp3) is 0.500. The minimum Gasteiger partial charge on any atom is -0.274 e. The molecule has 1 saturated heterocycles. The lowest BCUT2D eigenvalue weighted by molar-refractivity contribution is -0.149. The van der Waals surface area contributed by atoms with Crippen molar-refractivity contribution in [2.24, 2.45) is 0 Å². The van der Waals surface area contributed by atoms with Crippen LogP contribution in [-0.2, 0) is 14.6 Å². The molecule has 1 atom stereocenters. The summed E-state index contributed by atoms with van der Waals surface area (Å²) >= 11 is 0. The first-order valence-corrected chi connectivity index (χ1v) is 10.7. The van der Waals surface area contributed by atoms with E-state index in [1.54, 1.807) is 43.4 Å². The molecule has 2 aliphatic heterocycles. The Morgan fingerprint density at radius 2 is 1.74 bits per heavy atom. The molecule has 1 unspecified atom stereocenters. The Kier molecular flexibility index (Phi) is 5.34. The molecule has 0 saturated carbocycles. The van der Waals surface area contributed by atoms with Crippen molar-refractivity contribution in [1.29, 1.82) is 0 Å². The molecule has 0 radical (unpaired) electrons. The van der Waals surface area contributed by atoms with E-state index in [9.17, 15) is 22.8 Å². The summed E-state index contributed by atoms with van der Waals surface area (Å²) in [4.78, 5) is 38.5. The van der Waals surface area contributed by atoms with Gasteiger partial charge in [0, 0.05) is 27.1 Å². The molecule has 0 spiro atoms. The topological polar surface area (TPSA) is 95.1 Å². The van der Waals surface area contributed by atoms with Crippen molar-refractivity contribution in [3.8, 4) is 0 Å². The summed E-state index contributed by atoms with van der Waals surface area (Å²) in [7, 11) is 0.298. The molecule has 27 heavy (non-hydrogen) atoms. The highest BCUT2D eigenvalue weighted by Crippen LogP contribution is 2.23. The molecule has 1 fully saturated rings. The van der Waals surface area contributed by atoms with Crippen LogP contribution in [0.3, 0.4) is 0 Å². The van der Waals surface area contributed by atoms with Crippen molar-refractivity contribution >= 4 is 27.6 Å². The van der Waals surface area contributed by atoms with E-state index in [1.807, 2.05) is 0 Å². The van der Waals surface area contributed by atoms with Crippen molar-refractivity contribution < 1.29 is 22.8 Å². The molecular weight excluding hydrogens is 370 g/mol. The van der Waals surface area contributed by atoms with Crippen molar-refractivity contribution in [3.63, 3.8) is 0 Å². The summed E-state index contributed by atoms with van der Waals surface area (Å²) in [5.41, 5.74) is 0.778. The second-order valence-electron chi connectivity index (χ2n) is 7.05. The fourth-order valence-corrected chi connectivity index (χ4v) is 5.36. The van der Waals surface area contributed by atoms with Gasteiger partial charge in [0.1, 0.15) is 0 Å². The number of amides is 3. The van der Waals surface area contributed by atoms with Crippen LogP contribution < -0.4 is 0 Å². The van der Waals surface area contributed by atoms with Gasteiger partial charge in [0.2, 0.25) is 5.91 Å². The first kappa shape index (κ1) is 19.5. The van der Waals surface area contributed by atoms with Crippen LogP contribution in [0, 0.1) is 0 Å². The highest BCUT2D eigenvalue weighted by Gasteiger charge is 2.37. The van der Waals surface area contributed by atoms with Crippen LogP contribution in [0.25, 0.3) is 0 Å². The van der Waals surface area contributed by atoms with E-state index in [1.165, 1.54) is 5.01 Å². The number of rotatable bonds is 6. The smallest absolute Gasteiger partial charge is 0.261 e. The predicted octanol–water partition coefficient (Wildman–Crippen LogP) is 0.555. The van der Waals surface area contributed by atoms with Gasteiger partial charge < -0.3 is 0 Å². The molecule has 8 nitrogen and oxygen atoms in total. The maximum Gasteiger partial charge on any atom is 0.261 e. The van der Waals surface area contributed by atoms with E-state index in [-0.39, 0.29) is 48.2 Å². The molecule has 1 aromatic carbocycles. The Balaban J connectivity index is 1.59. The maximum absolute atomic E-state index is 12.6. The van der Waals surface area contributed by atoms with Crippen LogP contribution in [0.4, 0.5) is 0 Å². The fourth-order valence-electron chi connectivity index (χ4n) is 3.67. The van der Waals surface area contributed by atoms with Crippen molar-refractivity contribution in [2.75, 3.05) is 32.1 Å². The van der Waals surface area contributed by atoms with E-state index < -0.39 is 9.84 Å². The Bertz CT molecular complexity index is 846. The number of sulfone groups is 1. The third-order valence-corrected chi connectivity index (χ3v) is 6.64. The van der Waals surface area contributed by atoms with E-state index >= 15 is 0 Å². The molecule has 3 amide bonds. The van der Waals surface area contributed by atoms with Gasteiger partial charge in [0.15, 0.2) is 9.84 Å². The van der Waals surface area contributed by atoms with Crippen LogP contribution in [0.5, 0.6) is 0 Å². The van der Waals surface area contributed by atoms with E-state index in [0.717, 1.165) is 4.90 Å². The number of hydrogen-bond donors (Lipinski definition) is 0. The van der Waals surface area contributed by atoms with Gasteiger partial charge in [-0.3, -0.25) is 24.3 Å². The molecule has 0 bridgehead atoms. The van der Waals surface area contributed by atoms with Gasteiger partial charge >= 0.3 is 0 Å². The third kappa shape index (κ3) is 3.89. The zero-order valence-corrected chi connectivity index (χ0v) is 16.2. The van der Waals surface area contributed by atoms with Crippen LogP contribution in [0.1, 0.15) is 40.0 Å². The van der Waals surface area contributed by atoms with Crippen molar-refractivity contribution in [3.05, 3.63) is 35.4 Å². The largest absolute Gasteiger partial charge is 0.274 e. The number of carbonyl (C=O) groups excluding carboxylic acids is 3. The molecule has 2 aliphatic rings. The number of hydrogen-bond acceptors (Lipinski definition) is 6. The molecule has 146 valence electrons. The first-order chi connectivity index (χ1) is 12.7. The summed E-state index contributed by atoms with van der Waals surface area (Å²) in [6, 6.07) is 6.30. The van der Waals surface area contributed by atoms with Crippen LogP contribution in [-0.4, -0.2) is 79.2 Å². The molecule has 3 rings (SSSR count). The number of carbonyl (C=O) groups is 3. The van der Waals surface area contributed by atoms with Gasteiger partial charge in [-0.15, -0.1) is 0 Å². The molecule has 2 heterocycles. The summed E-state index contributed by atoms with van der Waals surface area (Å²) in [5.74, 6) is -0.831. The quantitative estimate of drug-likeness (QED) is 0.518. The van der Waals surface area contributed by atoms with Crippen LogP contribution in [0.15, 0.2) is 24.3 Å². The summed E-state index contributed by atoms with van der Waals surface area (Å²) in [6.45, 7) is 0.155. The lowest BCUT2D eigenvalue weighted by Gasteiger charge is -2.34. The number of imide groups is 1. The second-order valence-corrected chi connectivity index (χ2v) is 9.28. The Morgan fingerprint density at radius 1 is 1.15 bits per heavy atom. The number of fused-ring (bicyclic) bond motifs is 1. The third-order valence-electron chi connectivity index (χ3n) is 4.89.